The number of rotatable bonds is 3. The first-order chi connectivity index (χ1) is 8.72. The third-order valence-electron chi connectivity index (χ3n) is 2.90. The van der Waals surface area contributed by atoms with E-state index in [1.165, 1.54) is 10.9 Å². The Bertz CT molecular complexity index is 615. The van der Waals surface area contributed by atoms with Crippen molar-refractivity contribution in [2.45, 2.75) is 0 Å². The monoisotopic (exact) mass is 257 g/mol. The first-order valence-corrected chi connectivity index (χ1v) is 6.30. The molecular formula is C15H17N2S+. The Morgan fingerprint density at radius 2 is 2.00 bits per heavy atom. The van der Waals surface area contributed by atoms with Crippen LogP contribution in [0.25, 0.3) is 17.0 Å². The molecule has 0 aliphatic carbocycles. The molecular weight excluding hydrogens is 240 g/mol. The molecule has 0 radical (unpaired) electrons. The Hall–Kier alpha value is -1.74. The van der Waals surface area contributed by atoms with E-state index >= 15 is 0 Å². The Morgan fingerprint density at radius 1 is 1.22 bits per heavy atom. The minimum atomic E-state index is 0.842. The molecule has 18 heavy (non-hydrogen) atoms. The van der Waals surface area contributed by atoms with Crippen molar-refractivity contribution in [3.63, 3.8) is 0 Å². The number of aromatic nitrogens is 1. The summed E-state index contributed by atoms with van der Waals surface area (Å²) >= 11 is 4.25. The van der Waals surface area contributed by atoms with Gasteiger partial charge in [0, 0.05) is 30.6 Å². The predicted octanol–water partition coefficient (Wildman–Crippen LogP) is 2.67. The van der Waals surface area contributed by atoms with E-state index < -0.39 is 0 Å². The van der Waals surface area contributed by atoms with E-state index in [4.69, 9.17) is 0 Å². The van der Waals surface area contributed by atoms with Gasteiger partial charge in [0.2, 0.25) is 11.2 Å². The molecule has 2 nitrogen and oxygen atoms in total. The number of para-hydroxylation sites is 1. The van der Waals surface area contributed by atoms with Gasteiger partial charge in [0.15, 0.2) is 0 Å². The first-order valence-electron chi connectivity index (χ1n) is 5.85. The van der Waals surface area contributed by atoms with Gasteiger partial charge < -0.3 is 5.32 Å². The number of hydrogen-bond acceptors (Lipinski definition) is 2. The largest absolute Gasteiger partial charge is 0.383 e. The van der Waals surface area contributed by atoms with Crippen LogP contribution in [0.15, 0.2) is 53.6 Å². The van der Waals surface area contributed by atoms with Crippen molar-refractivity contribution < 1.29 is 4.57 Å². The van der Waals surface area contributed by atoms with E-state index in [0.717, 1.165) is 10.7 Å². The summed E-state index contributed by atoms with van der Waals surface area (Å²) in [6.45, 7) is 0. The van der Waals surface area contributed by atoms with Gasteiger partial charge in [0.05, 0.1) is 5.03 Å². The molecule has 1 aromatic heterocycles. The van der Waals surface area contributed by atoms with Crippen LogP contribution >= 0.6 is 12.6 Å². The lowest BCUT2D eigenvalue weighted by Crippen LogP contribution is -2.32. The molecule has 0 aliphatic heterocycles. The number of nitrogens with zero attached hydrogens (tertiary/aromatic N) is 1. The number of hydrogen-bond donors (Lipinski definition) is 2. The van der Waals surface area contributed by atoms with Gasteiger partial charge in [0.1, 0.15) is 7.05 Å². The van der Waals surface area contributed by atoms with Gasteiger partial charge >= 0.3 is 0 Å². The predicted molar refractivity (Wildman–Crippen MR) is 80.3 cm³/mol. The highest BCUT2D eigenvalue weighted by molar-refractivity contribution is 7.84. The number of allylic oxidation sites excluding steroid dienone is 2. The summed E-state index contributed by atoms with van der Waals surface area (Å²) in [5, 5.41) is 5.05. The molecule has 1 heterocycles. The van der Waals surface area contributed by atoms with Gasteiger partial charge in [-0.2, -0.15) is 4.57 Å². The van der Waals surface area contributed by atoms with Crippen molar-refractivity contribution in [3.05, 3.63) is 59.3 Å². The maximum absolute atomic E-state index is 4.25. The lowest BCUT2D eigenvalue weighted by atomic mass is 10.2. The molecule has 0 aliphatic rings. The van der Waals surface area contributed by atoms with Crippen LogP contribution in [-0.4, -0.2) is 7.05 Å². The minimum Gasteiger partial charge on any atom is -0.383 e. The topological polar surface area (TPSA) is 15.9 Å². The molecule has 0 amide bonds. The molecule has 0 bridgehead atoms. The lowest BCUT2D eigenvalue weighted by Gasteiger charge is -1.99. The molecule has 0 unspecified atom stereocenters. The van der Waals surface area contributed by atoms with Crippen molar-refractivity contribution >= 4 is 29.6 Å². The Balaban J connectivity index is 2.38. The van der Waals surface area contributed by atoms with E-state index in [1.807, 2.05) is 19.2 Å². The number of pyridine rings is 1. The third kappa shape index (κ3) is 2.74. The number of fused-ring (bicyclic) bond motifs is 1. The van der Waals surface area contributed by atoms with Crippen LogP contribution < -0.4 is 9.88 Å². The van der Waals surface area contributed by atoms with Crippen molar-refractivity contribution in [3.8, 4) is 0 Å². The summed E-state index contributed by atoms with van der Waals surface area (Å²) in [7, 11) is 3.92. The smallest absolute Gasteiger partial charge is 0.212 e. The summed E-state index contributed by atoms with van der Waals surface area (Å²) in [6, 6.07) is 12.6. The zero-order valence-electron chi connectivity index (χ0n) is 10.6. The molecule has 3 heteroatoms. The van der Waals surface area contributed by atoms with E-state index in [0.29, 0.717) is 0 Å². The molecule has 0 spiro atoms. The van der Waals surface area contributed by atoms with Crippen LogP contribution in [0.4, 0.5) is 0 Å². The molecule has 0 saturated carbocycles. The zero-order chi connectivity index (χ0) is 13.0. The summed E-state index contributed by atoms with van der Waals surface area (Å²) < 4.78 is 2.18. The summed E-state index contributed by atoms with van der Waals surface area (Å²) in [6.07, 6.45) is 5.99. The summed E-state index contributed by atoms with van der Waals surface area (Å²) in [4.78, 5) is 0. The highest BCUT2D eigenvalue weighted by Crippen LogP contribution is 2.10. The van der Waals surface area contributed by atoms with Gasteiger partial charge in [-0.1, -0.05) is 18.2 Å². The van der Waals surface area contributed by atoms with Crippen molar-refractivity contribution in [2.24, 2.45) is 7.05 Å². The van der Waals surface area contributed by atoms with E-state index in [2.05, 4.69) is 72.0 Å². The Morgan fingerprint density at radius 3 is 2.78 bits per heavy atom. The fourth-order valence-corrected chi connectivity index (χ4v) is 1.93. The highest BCUT2D eigenvalue weighted by atomic mass is 32.1. The van der Waals surface area contributed by atoms with Crippen molar-refractivity contribution in [1.29, 1.82) is 0 Å². The maximum atomic E-state index is 4.25. The average molecular weight is 257 g/mol. The number of benzene rings is 1. The van der Waals surface area contributed by atoms with Crippen LogP contribution in [0.3, 0.4) is 0 Å². The maximum Gasteiger partial charge on any atom is 0.212 e. The molecule has 0 fully saturated rings. The summed E-state index contributed by atoms with van der Waals surface area (Å²) in [5.41, 5.74) is 2.38. The SMILES string of the molecule is CN/C(S)=C/C=C/c1ccc2ccccc2[n+]1C. The fraction of sp³-hybridized carbons (Fsp3) is 0.133. The molecule has 0 atom stereocenters. The number of nitrogens with one attached hydrogen (secondary N) is 1. The lowest BCUT2D eigenvalue weighted by molar-refractivity contribution is -0.646. The van der Waals surface area contributed by atoms with E-state index in [-0.39, 0.29) is 0 Å². The molecule has 2 rings (SSSR count). The van der Waals surface area contributed by atoms with Crippen LogP contribution in [0.5, 0.6) is 0 Å². The molecule has 1 N–H and O–H groups in total. The Labute approximate surface area is 113 Å². The fourth-order valence-electron chi connectivity index (χ4n) is 1.85. The van der Waals surface area contributed by atoms with Gasteiger partial charge in [-0.25, -0.2) is 0 Å². The van der Waals surface area contributed by atoms with Crippen molar-refractivity contribution in [2.75, 3.05) is 7.05 Å². The molecule has 2 aromatic rings. The molecule has 92 valence electrons. The standard InChI is InChI=1S/C15H16N2S/c1-16-15(18)9-5-7-13-11-10-12-6-3-4-8-14(12)17(13)2/h3-11H,1-2H3,(H,16,18)/p+1. The van der Waals surface area contributed by atoms with Crippen LogP contribution in [-0.2, 0) is 7.05 Å². The highest BCUT2D eigenvalue weighted by Gasteiger charge is 2.07. The second-order valence-electron chi connectivity index (χ2n) is 4.04. The second kappa shape index (κ2) is 5.74. The van der Waals surface area contributed by atoms with Crippen molar-refractivity contribution in [1.82, 2.24) is 5.32 Å². The van der Waals surface area contributed by atoms with E-state index in [1.54, 1.807) is 0 Å². The van der Waals surface area contributed by atoms with Gasteiger partial charge in [0.25, 0.3) is 0 Å². The quantitative estimate of drug-likeness (QED) is 0.491. The second-order valence-corrected chi connectivity index (χ2v) is 4.52. The average Bonchev–Trinajstić information content (AvgIpc) is 2.41. The molecule has 1 aromatic carbocycles. The first kappa shape index (κ1) is 12.7. The Kier molecular flexibility index (Phi) is 4.05. The number of thiol groups is 1. The van der Waals surface area contributed by atoms with Crippen LogP contribution in [0.2, 0.25) is 0 Å². The third-order valence-corrected chi connectivity index (χ3v) is 3.27. The van der Waals surface area contributed by atoms with Crippen LogP contribution in [0.1, 0.15) is 5.69 Å². The normalized spacial score (nSPS) is 12.3. The zero-order valence-corrected chi connectivity index (χ0v) is 11.5. The van der Waals surface area contributed by atoms with Gasteiger partial charge in [-0.3, -0.25) is 0 Å². The van der Waals surface area contributed by atoms with Gasteiger partial charge in [-0.15, -0.1) is 12.6 Å². The number of aryl methyl sites for hydroxylation is 1. The molecule has 0 saturated heterocycles. The minimum absolute atomic E-state index is 0.842. The van der Waals surface area contributed by atoms with Crippen LogP contribution in [0, 0.1) is 0 Å². The van der Waals surface area contributed by atoms with Gasteiger partial charge in [-0.05, 0) is 18.2 Å². The summed E-state index contributed by atoms with van der Waals surface area (Å²) in [5.74, 6) is 0. The van der Waals surface area contributed by atoms with E-state index in [9.17, 15) is 0 Å².